The average Bonchev–Trinajstić information content (AvgIpc) is 2.42. The number of nitrogens with one attached hydrogen (secondary N) is 1. The van der Waals surface area contributed by atoms with Crippen LogP contribution in [0.3, 0.4) is 0 Å². The molecule has 0 saturated heterocycles. The van der Waals surface area contributed by atoms with Crippen LogP contribution in [0.1, 0.15) is 10.4 Å². The first-order valence-corrected chi connectivity index (χ1v) is 6.79. The molecule has 0 aliphatic rings. The van der Waals surface area contributed by atoms with Gasteiger partial charge < -0.3 is 10.4 Å². The van der Waals surface area contributed by atoms with E-state index in [2.05, 4.69) is 21.2 Å². The molecule has 0 heterocycles. The van der Waals surface area contributed by atoms with Gasteiger partial charge in [0.15, 0.2) is 0 Å². The number of nitro groups is 1. The van der Waals surface area contributed by atoms with Crippen molar-refractivity contribution in [3.63, 3.8) is 0 Å². The van der Waals surface area contributed by atoms with Crippen LogP contribution in [-0.2, 0) is 0 Å². The molecule has 2 N–H and O–H groups in total. The van der Waals surface area contributed by atoms with E-state index in [0.29, 0.717) is 15.8 Å². The van der Waals surface area contributed by atoms with Gasteiger partial charge in [0.25, 0.3) is 5.69 Å². The molecular weight excluding hydrogens is 364 g/mol. The molecular formula is C13H8BrClN2O4. The molecule has 0 unspecified atom stereocenters. The lowest BCUT2D eigenvalue weighted by Gasteiger charge is -2.10. The molecule has 0 spiro atoms. The predicted octanol–water partition coefficient (Wildman–Crippen LogP) is 4.45. The number of anilines is 2. The molecule has 0 atom stereocenters. The summed E-state index contributed by atoms with van der Waals surface area (Å²) in [4.78, 5) is 21.0. The minimum Gasteiger partial charge on any atom is -0.478 e. The Bertz CT molecular complexity index is 675. The molecule has 2 aromatic rings. The summed E-state index contributed by atoms with van der Waals surface area (Å²) in [7, 11) is 0. The van der Waals surface area contributed by atoms with Crippen molar-refractivity contribution in [2.75, 3.05) is 5.32 Å². The van der Waals surface area contributed by atoms with Crippen molar-refractivity contribution in [3.05, 3.63) is 61.6 Å². The van der Waals surface area contributed by atoms with Crippen LogP contribution in [0.15, 0.2) is 40.9 Å². The maximum absolute atomic E-state index is 10.9. The van der Waals surface area contributed by atoms with E-state index >= 15 is 0 Å². The van der Waals surface area contributed by atoms with Crippen LogP contribution in [0.5, 0.6) is 0 Å². The highest BCUT2D eigenvalue weighted by molar-refractivity contribution is 9.10. The number of carboxylic acids is 1. The molecule has 2 rings (SSSR count). The molecule has 108 valence electrons. The number of nitrogens with zero attached hydrogens (tertiary/aromatic N) is 1. The number of halogens is 2. The fourth-order valence-corrected chi connectivity index (χ4v) is 2.31. The fraction of sp³-hybridized carbons (Fsp3) is 0. The van der Waals surface area contributed by atoms with Gasteiger partial charge in [0.05, 0.1) is 26.9 Å². The van der Waals surface area contributed by atoms with E-state index in [-0.39, 0.29) is 16.3 Å². The van der Waals surface area contributed by atoms with Crippen molar-refractivity contribution < 1.29 is 14.8 Å². The Kier molecular flexibility index (Phi) is 4.44. The molecule has 0 aromatic heterocycles. The van der Waals surface area contributed by atoms with Crippen LogP contribution < -0.4 is 5.32 Å². The van der Waals surface area contributed by atoms with Crippen LogP contribution in [0, 0.1) is 10.1 Å². The Morgan fingerprint density at radius 1 is 1.24 bits per heavy atom. The van der Waals surface area contributed by atoms with E-state index in [0.717, 1.165) is 0 Å². The second kappa shape index (κ2) is 6.11. The molecule has 0 aliphatic heterocycles. The fourth-order valence-electron chi connectivity index (χ4n) is 1.61. The number of carbonyl (C=O) groups is 1. The first-order chi connectivity index (χ1) is 9.88. The highest BCUT2D eigenvalue weighted by Crippen LogP contribution is 2.32. The number of hydrogen-bond acceptors (Lipinski definition) is 4. The summed E-state index contributed by atoms with van der Waals surface area (Å²) < 4.78 is 0.539. The minimum absolute atomic E-state index is 0.106. The van der Waals surface area contributed by atoms with E-state index in [1.807, 2.05) is 0 Å². The molecule has 0 amide bonds. The standard InChI is InChI=1S/C13H8BrClN2O4/c14-9-5-7(13(18)19)1-3-11(9)16-12-4-2-8(17(20)21)6-10(12)15/h1-6,16H,(H,18,19). The monoisotopic (exact) mass is 370 g/mol. The first-order valence-electron chi connectivity index (χ1n) is 5.62. The van der Waals surface area contributed by atoms with Crippen molar-refractivity contribution in [2.45, 2.75) is 0 Å². The third-order valence-electron chi connectivity index (χ3n) is 2.65. The van der Waals surface area contributed by atoms with Gasteiger partial charge in [-0.15, -0.1) is 0 Å². The zero-order chi connectivity index (χ0) is 15.6. The van der Waals surface area contributed by atoms with Crippen LogP contribution in [0.25, 0.3) is 0 Å². The van der Waals surface area contributed by atoms with Gasteiger partial charge in [-0.25, -0.2) is 4.79 Å². The van der Waals surface area contributed by atoms with Gasteiger partial charge in [-0.3, -0.25) is 10.1 Å². The van der Waals surface area contributed by atoms with Gasteiger partial charge in [0.1, 0.15) is 0 Å². The van der Waals surface area contributed by atoms with Crippen molar-refractivity contribution in [3.8, 4) is 0 Å². The van der Waals surface area contributed by atoms with Crippen molar-refractivity contribution in [1.29, 1.82) is 0 Å². The van der Waals surface area contributed by atoms with Crippen molar-refractivity contribution in [1.82, 2.24) is 0 Å². The maximum Gasteiger partial charge on any atom is 0.335 e. The van der Waals surface area contributed by atoms with Crippen LogP contribution in [0.2, 0.25) is 5.02 Å². The number of benzene rings is 2. The number of non-ortho nitro benzene ring substituents is 1. The van der Waals surface area contributed by atoms with E-state index < -0.39 is 10.9 Å². The molecule has 0 saturated carbocycles. The van der Waals surface area contributed by atoms with E-state index in [1.165, 1.54) is 30.3 Å². The predicted molar refractivity (Wildman–Crippen MR) is 82.5 cm³/mol. The SMILES string of the molecule is O=C(O)c1ccc(Nc2ccc([N+](=O)[O-])cc2Cl)c(Br)c1. The van der Waals surface area contributed by atoms with E-state index in [1.54, 1.807) is 6.07 Å². The zero-order valence-corrected chi connectivity index (χ0v) is 12.7. The largest absolute Gasteiger partial charge is 0.478 e. The third kappa shape index (κ3) is 3.50. The highest BCUT2D eigenvalue weighted by atomic mass is 79.9. The number of nitro benzene ring substituents is 1. The molecule has 6 nitrogen and oxygen atoms in total. The van der Waals surface area contributed by atoms with Gasteiger partial charge in [-0.05, 0) is 40.2 Å². The van der Waals surface area contributed by atoms with Crippen LogP contribution in [-0.4, -0.2) is 16.0 Å². The van der Waals surface area contributed by atoms with Gasteiger partial charge in [-0.2, -0.15) is 0 Å². The molecule has 2 aromatic carbocycles. The summed E-state index contributed by atoms with van der Waals surface area (Å²) >= 11 is 9.24. The normalized spacial score (nSPS) is 10.2. The lowest BCUT2D eigenvalue weighted by molar-refractivity contribution is -0.384. The molecule has 0 radical (unpaired) electrons. The Morgan fingerprint density at radius 2 is 1.90 bits per heavy atom. The average molecular weight is 372 g/mol. The van der Waals surface area contributed by atoms with Crippen molar-refractivity contribution in [2.24, 2.45) is 0 Å². The van der Waals surface area contributed by atoms with Gasteiger partial charge in [0.2, 0.25) is 0 Å². The molecule has 0 bridgehead atoms. The maximum atomic E-state index is 10.9. The first kappa shape index (κ1) is 15.3. The quantitative estimate of drug-likeness (QED) is 0.612. The van der Waals surface area contributed by atoms with Crippen LogP contribution in [0.4, 0.5) is 17.1 Å². The third-order valence-corrected chi connectivity index (χ3v) is 3.62. The summed E-state index contributed by atoms with van der Waals surface area (Å²) in [6, 6.07) is 8.51. The number of hydrogen-bond donors (Lipinski definition) is 2. The van der Waals surface area contributed by atoms with Crippen LogP contribution >= 0.6 is 27.5 Å². The smallest absolute Gasteiger partial charge is 0.335 e. The summed E-state index contributed by atoms with van der Waals surface area (Å²) in [5.74, 6) is -1.03. The Balaban J connectivity index is 2.30. The topological polar surface area (TPSA) is 92.5 Å². The molecule has 0 aliphatic carbocycles. The number of rotatable bonds is 4. The molecule has 21 heavy (non-hydrogen) atoms. The summed E-state index contributed by atoms with van der Waals surface area (Å²) in [6.45, 7) is 0. The summed E-state index contributed by atoms with van der Waals surface area (Å²) in [5.41, 5.74) is 1.11. The lowest BCUT2D eigenvalue weighted by Crippen LogP contribution is -1.98. The van der Waals surface area contributed by atoms with E-state index in [9.17, 15) is 14.9 Å². The van der Waals surface area contributed by atoms with Gasteiger partial charge in [-0.1, -0.05) is 11.6 Å². The zero-order valence-electron chi connectivity index (χ0n) is 10.3. The highest BCUT2D eigenvalue weighted by Gasteiger charge is 2.11. The van der Waals surface area contributed by atoms with Crippen molar-refractivity contribution >= 4 is 50.6 Å². The number of aromatic carboxylic acids is 1. The number of carboxylic acid groups (broad SMARTS) is 1. The summed E-state index contributed by atoms with van der Waals surface area (Å²) in [5, 5.41) is 22.7. The Labute approximate surface area is 132 Å². The van der Waals surface area contributed by atoms with E-state index in [4.69, 9.17) is 16.7 Å². The Morgan fingerprint density at radius 3 is 2.43 bits per heavy atom. The van der Waals surface area contributed by atoms with Gasteiger partial charge >= 0.3 is 5.97 Å². The minimum atomic E-state index is -1.03. The molecule has 0 fully saturated rings. The Hall–Kier alpha value is -2.12. The van der Waals surface area contributed by atoms with Gasteiger partial charge in [0, 0.05) is 16.6 Å². The second-order valence-corrected chi connectivity index (χ2v) is 5.31. The second-order valence-electron chi connectivity index (χ2n) is 4.05. The summed E-state index contributed by atoms with van der Waals surface area (Å²) in [6.07, 6.45) is 0. The lowest BCUT2D eigenvalue weighted by atomic mass is 10.2. The molecule has 8 heteroatoms.